The summed E-state index contributed by atoms with van der Waals surface area (Å²) in [5.74, 6) is 1.61. The molecular formula is C14H23N3O3. The van der Waals surface area contributed by atoms with E-state index >= 15 is 0 Å². The van der Waals surface area contributed by atoms with Crippen LogP contribution in [0, 0.1) is 0 Å². The first-order valence-corrected chi connectivity index (χ1v) is 7.24. The van der Waals surface area contributed by atoms with Gasteiger partial charge in [-0.15, -0.1) is 0 Å². The molecule has 1 aromatic rings. The monoisotopic (exact) mass is 281 g/mol. The van der Waals surface area contributed by atoms with Crippen molar-refractivity contribution in [1.29, 1.82) is 0 Å². The van der Waals surface area contributed by atoms with Gasteiger partial charge in [0.25, 0.3) is 0 Å². The van der Waals surface area contributed by atoms with E-state index < -0.39 is 5.54 Å². The van der Waals surface area contributed by atoms with E-state index in [-0.39, 0.29) is 18.9 Å². The number of aliphatic hydroxyl groups is 1. The van der Waals surface area contributed by atoms with Gasteiger partial charge in [0.2, 0.25) is 11.8 Å². The molecule has 0 radical (unpaired) electrons. The molecule has 0 atom stereocenters. The van der Waals surface area contributed by atoms with Gasteiger partial charge in [0, 0.05) is 18.8 Å². The lowest BCUT2D eigenvalue weighted by Crippen LogP contribution is -2.46. The number of nitrogens with zero attached hydrogens (tertiary/aromatic N) is 2. The van der Waals surface area contributed by atoms with Crippen LogP contribution in [-0.4, -0.2) is 33.3 Å². The van der Waals surface area contributed by atoms with Crippen LogP contribution < -0.4 is 5.32 Å². The fraction of sp³-hybridized carbons (Fsp3) is 0.786. The van der Waals surface area contributed by atoms with Crippen molar-refractivity contribution in [3.05, 3.63) is 11.7 Å². The molecule has 6 heteroatoms. The minimum absolute atomic E-state index is 0.0921. The van der Waals surface area contributed by atoms with Gasteiger partial charge in [0.05, 0.1) is 12.1 Å². The molecule has 1 heterocycles. The zero-order chi connectivity index (χ0) is 14.6. The highest BCUT2D eigenvalue weighted by atomic mass is 16.5. The van der Waals surface area contributed by atoms with Gasteiger partial charge < -0.3 is 14.9 Å². The molecule has 1 aliphatic carbocycles. The average Bonchev–Trinajstić information content (AvgIpc) is 3.06. The van der Waals surface area contributed by atoms with E-state index in [9.17, 15) is 4.79 Å². The number of nitrogens with one attached hydrogen (secondary N) is 1. The first kappa shape index (κ1) is 15.0. The number of aliphatic hydroxyl groups excluding tert-OH is 1. The highest BCUT2D eigenvalue weighted by Crippen LogP contribution is 2.32. The van der Waals surface area contributed by atoms with Crippen LogP contribution in [0.5, 0.6) is 0 Å². The average molecular weight is 281 g/mol. The van der Waals surface area contributed by atoms with E-state index in [0.29, 0.717) is 18.2 Å². The summed E-state index contributed by atoms with van der Waals surface area (Å²) in [5, 5.41) is 15.9. The molecule has 1 saturated carbocycles. The third-order valence-corrected chi connectivity index (χ3v) is 3.64. The Kier molecular flexibility index (Phi) is 4.75. The standard InChI is InChI=1S/C14H23N3O3/c1-14(2,9-18)16-11(19)7-8-12-15-13(17-20-12)10-5-3-4-6-10/h10,18H,3-9H2,1-2H3,(H,16,19). The molecule has 0 bridgehead atoms. The van der Waals surface area contributed by atoms with Crippen molar-refractivity contribution in [2.45, 2.75) is 63.8 Å². The SMILES string of the molecule is CC(C)(CO)NC(=O)CCc1nc(C2CCCC2)no1. The van der Waals surface area contributed by atoms with Gasteiger partial charge in [-0.25, -0.2) is 0 Å². The Morgan fingerprint density at radius 1 is 1.45 bits per heavy atom. The molecule has 1 fully saturated rings. The smallest absolute Gasteiger partial charge is 0.227 e. The van der Waals surface area contributed by atoms with Crippen LogP contribution in [0.25, 0.3) is 0 Å². The Labute approximate surface area is 118 Å². The van der Waals surface area contributed by atoms with Crippen LogP contribution in [0.15, 0.2) is 4.52 Å². The lowest BCUT2D eigenvalue weighted by molar-refractivity contribution is -0.123. The van der Waals surface area contributed by atoms with Crippen molar-refractivity contribution < 1.29 is 14.4 Å². The van der Waals surface area contributed by atoms with Crippen LogP contribution in [-0.2, 0) is 11.2 Å². The minimum atomic E-state index is -0.596. The molecule has 0 saturated heterocycles. The summed E-state index contributed by atoms with van der Waals surface area (Å²) in [6, 6.07) is 0. The van der Waals surface area contributed by atoms with Crippen molar-refractivity contribution in [1.82, 2.24) is 15.5 Å². The number of aromatic nitrogens is 2. The van der Waals surface area contributed by atoms with Gasteiger partial charge in [-0.1, -0.05) is 18.0 Å². The van der Waals surface area contributed by atoms with E-state index in [1.54, 1.807) is 13.8 Å². The van der Waals surface area contributed by atoms with E-state index in [1.165, 1.54) is 12.8 Å². The predicted molar refractivity (Wildman–Crippen MR) is 73.1 cm³/mol. The molecule has 1 aromatic heterocycles. The van der Waals surface area contributed by atoms with Crippen LogP contribution in [0.1, 0.15) is 63.6 Å². The van der Waals surface area contributed by atoms with Gasteiger partial charge in [-0.05, 0) is 26.7 Å². The highest BCUT2D eigenvalue weighted by Gasteiger charge is 2.23. The molecule has 6 nitrogen and oxygen atoms in total. The van der Waals surface area contributed by atoms with Crippen LogP contribution in [0.2, 0.25) is 0 Å². The topological polar surface area (TPSA) is 88.2 Å². The fourth-order valence-electron chi connectivity index (χ4n) is 2.42. The van der Waals surface area contributed by atoms with Crippen molar-refractivity contribution in [3.8, 4) is 0 Å². The Hall–Kier alpha value is -1.43. The Morgan fingerprint density at radius 3 is 2.80 bits per heavy atom. The molecule has 2 rings (SSSR count). The summed E-state index contributed by atoms with van der Waals surface area (Å²) < 4.78 is 5.19. The Morgan fingerprint density at radius 2 is 2.15 bits per heavy atom. The predicted octanol–water partition coefficient (Wildman–Crippen LogP) is 1.55. The third-order valence-electron chi connectivity index (χ3n) is 3.64. The van der Waals surface area contributed by atoms with Gasteiger partial charge in [-0.2, -0.15) is 4.98 Å². The lowest BCUT2D eigenvalue weighted by atomic mass is 10.1. The Bertz CT molecular complexity index is 450. The van der Waals surface area contributed by atoms with Crippen molar-refractivity contribution in [3.63, 3.8) is 0 Å². The summed E-state index contributed by atoms with van der Waals surface area (Å²) in [5.41, 5.74) is -0.596. The van der Waals surface area contributed by atoms with Gasteiger partial charge in [0.1, 0.15) is 0 Å². The summed E-state index contributed by atoms with van der Waals surface area (Å²) in [7, 11) is 0. The van der Waals surface area contributed by atoms with E-state index in [4.69, 9.17) is 9.63 Å². The second kappa shape index (κ2) is 6.35. The molecular weight excluding hydrogens is 258 g/mol. The van der Waals surface area contributed by atoms with E-state index in [1.807, 2.05) is 0 Å². The maximum atomic E-state index is 11.7. The third kappa shape index (κ3) is 4.03. The van der Waals surface area contributed by atoms with Crippen molar-refractivity contribution in [2.75, 3.05) is 6.61 Å². The molecule has 1 amide bonds. The number of hydrogen-bond donors (Lipinski definition) is 2. The quantitative estimate of drug-likeness (QED) is 0.826. The normalized spacial score (nSPS) is 16.6. The number of rotatable bonds is 6. The highest BCUT2D eigenvalue weighted by molar-refractivity contribution is 5.76. The summed E-state index contributed by atoms with van der Waals surface area (Å²) in [6.45, 7) is 3.46. The summed E-state index contributed by atoms with van der Waals surface area (Å²) in [6.07, 6.45) is 5.44. The Balaban J connectivity index is 1.80. The molecule has 112 valence electrons. The molecule has 0 aliphatic heterocycles. The minimum Gasteiger partial charge on any atom is -0.394 e. The first-order chi connectivity index (χ1) is 9.50. The van der Waals surface area contributed by atoms with E-state index in [2.05, 4.69) is 15.5 Å². The number of aryl methyl sites for hydroxylation is 1. The molecule has 1 aliphatic rings. The molecule has 0 unspecified atom stereocenters. The van der Waals surface area contributed by atoms with Gasteiger partial charge in [0.15, 0.2) is 5.82 Å². The maximum Gasteiger partial charge on any atom is 0.227 e. The number of hydrogen-bond acceptors (Lipinski definition) is 5. The number of carbonyl (C=O) groups is 1. The van der Waals surface area contributed by atoms with Gasteiger partial charge >= 0.3 is 0 Å². The molecule has 2 N–H and O–H groups in total. The number of amides is 1. The van der Waals surface area contributed by atoms with Crippen LogP contribution in [0.3, 0.4) is 0 Å². The zero-order valence-corrected chi connectivity index (χ0v) is 12.2. The van der Waals surface area contributed by atoms with Crippen molar-refractivity contribution >= 4 is 5.91 Å². The molecule has 0 spiro atoms. The van der Waals surface area contributed by atoms with Crippen LogP contribution in [0.4, 0.5) is 0 Å². The first-order valence-electron chi connectivity index (χ1n) is 7.24. The molecule has 20 heavy (non-hydrogen) atoms. The summed E-state index contributed by atoms with van der Waals surface area (Å²) >= 11 is 0. The van der Waals surface area contributed by atoms with Crippen molar-refractivity contribution in [2.24, 2.45) is 0 Å². The maximum absolute atomic E-state index is 11.7. The summed E-state index contributed by atoms with van der Waals surface area (Å²) in [4.78, 5) is 16.1. The lowest BCUT2D eigenvalue weighted by Gasteiger charge is -2.23. The number of carbonyl (C=O) groups excluding carboxylic acids is 1. The largest absolute Gasteiger partial charge is 0.394 e. The van der Waals surface area contributed by atoms with E-state index in [0.717, 1.165) is 18.7 Å². The second-order valence-electron chi connectivity index (χ2n) is 6.12. The van der Waals surface area contributed by atoms with Gasteiger partial charge in [-0.3, -0.25) is 4.79 Å². The fourth-order valence-corrected chi connectivity index (χ4v) is 2.42. The van der Waals surface area contributed by atoms with Crippen LogP contribution >= 0.6 is 0 Å². The zero-order valence-electron chi connectivity index (χ0n) is 12.2. The second-order valence-corrected chi connectivity index (χ2v) is 6.12. The molecule has 0 aromatic carbocycles.